The van der Waals surface area contributed by atoms with Crippen molar-refractivity contribution >= 4 is 33.2 Å². The molecular weight excluding hydrogens is 428 g/mol. The second kappa shape index (κ2) is 9.34. The average molecular weight is 453 g/mol. The standard InChI is InChI=1S/C21H25ClN2O5S/c1-14-4-5-15(2)21(16(14)3)29-13-20(25)23-17-6-7-18(22)19(12-17)30(26,27)24-8-10-28-11-9-24/h4-7,12H,8-11,13H2,1-3H3,(H,23,25). The van der Waals surface area contributed by atoms with Gasteiger partial charge in [-0.3, -0.25) is 4.79 Å². The third kappa shape index (κ3) is 4.95. The second-order valence-electron chi connectivity index (χ2n) is 7.15. The molecule has 0 saturated carbocycles. The van der Waals surface area contributed by atoms with Crippen molar-refractivity contribution in [1.82, 2.24) is 4.31 Å². The zero-order valence-corrected chi connectivity index (χ0v) is 18.8. The van der Waals surface area contributed by atoms with E-state index in [1.54, 1.807) is 6.07 Å². The van der Waals surface area contributed by atoms with E-state index in [9.17, 15) is 13.2 Å². The third-order valence-corrected chi connectivity index (χ3v) is 7.40. The number of amides is 1. The Morgan fingerprint density at radius 3 is 2.50 bits per heavy atom. The predicted molar refractivity (Wildman–Crippen MR) is 116 cm³/mol. The van der Waals surface area contributed by atoms with E-state index in [4.69, 9.17) is 21.1 Å². The Balaban J connectivity index is 1.72. The first-order valence-corrected chi connectivity index (χ1v) is 11.4. The number of sulfonamides is 1. The summed E-state index contributed by atoms with van der Waals surface area (Å²) in [6.07, 6.45) is 0. The molecule has 30 heavy (non-hydrogen) atoms. The van der Waals surface area contributed by atoms with Gasteiger partial charge < -0.3 is 14.8 Å². The fourth-order valence-electron chi connectivity index (χ4n) is 3.19. The van der Waals surface area contributed by atoms with E-state index in [0.717, 1.165) is 16.7 Å². The fraction of sp³-hybridized carbons (Fsp3) is 0.381. The normalized spacial score (nSPS) is 15.1. The predicted octanol–water partition coefficient (Wildman–Crippen LogP) is 3.30. The smallest absolute Gasteiger partial charge is 0.262 e. The summed E-state index contributed by atoms with van der Waals surface area (Å²) in [5.41, 5.74) is 3.33. The maximum absolute atomic E-state index is 12.9. The van der Waals surface area contributed by atoms with Crippen LogP contribution in [0, 0.1) is 20.8 Å². The monoisotopic (exact) mass is 452 g/mol. The van der Waals surface area contributed by atoms with E-state index in [1.807, 2.05) is 32.9 Å². The number of nitrogens with one attached hydrogen (secondary N) is 1. The van der Waals surface area contributed by atoms with Gasteiger partial charge in [-0.25, -0.2) is 8.42 Å². The van der Waals surface area contributed by atoms with Crippen LogP contribution in [0.1, 0.15) is 16.7 Å². The fourth-order valence-corrected chi connectivity index (χ4v) is 5.10. The van der Waals surface area contributed by atoms with Crippen LogP contribution in [-0.4, -0.2) is 51.5 Å². The zero-order chi connectivity index (χ0) is 21.9. The minimum Gasteiger partial charge on any atom is -0.483 e. The molecule has 0 aromatic heterocycles. The lowest BCUT2D eigenvalue weighted by Crippen LogP contribution is -2.40. The van der Waals surface area contributed by atoms with Crippen LogP contribution in [0.25, 0.3) is 0 Å². The topological polar surface area (TPSA) is 84.9 Å². The van der Waals surface area contributed by atoms with Crippen LogP contribution in [0.2, 0.25) is 5.02 Å². The summed E-state index contributed by atoms with van der Waals surface area (Å²) in [7, 11) is -3.78. The first-order chi connectivity index (χ1) is 14.2. The number of morpholine rings is 1. The number of carbonyl (C=O) groups is 1. The zero-order valence-electron chi connectivity index (χ0n) is 17.2. The minimum atomic E-state index is -3.78. The summed E-state index contributed by atoms with van der Waals surface area (Å²) in [5.74, 6) is 0.282. The lowest BCUT2D eigenvalue weighted by Gasteiger charge is -2.26. The number of aryl methyl sites for hydroxylation is 2. The van der Waals surface area contributed by atoms with Gasteiger partial charge in [0.25, 0.3) is 5.91 Å². The lowest BCUT2D eigenvalue weighted by atomic mass is 10.1. The summed E-state index contributed by atoms with van der Waals surface area (Å²) in [6.45, 7) is 6.84. The van der Waals surface area contributed by atoms with E-state index in [0.29, 0.717) is 24.7 Å². The average Bonchev–Trinajstić information content (AvgIpc) is 2.73. The van der Waals surface area contributed by atoms with Gasteiger partial charge >= 0.3 is 0 Å². The van der Waals surface area contributed by atoms with Gasteiger partial charge in [-0.1, -0.05) is 23.7 Å². The Morgan fingerprint density at radius 2 is 1.80 bits per heavy atom. The summed E-state index contributed by atoms with van der Waals surface area (Å²) >= 11 is 6.15. The molecule has 1 aliphatic rings. The molecular formula is C21H25ClN2O5S. The van der Waals surface area contributed by atoms with Crippen LogP contribution in [-0.2, 0) is 19.6 Å². The van der Waals surface area contributed by atoms with Crippen molar-refractivity contribution in [2.24, 2.45) is 0 Å². The Labute approximate surface area is 182 Å². The van der Waals surface area contributed by atoms with Gasteiger partial charge in [-0.2, -0.15) is 4.31 Å². The summed E-state index contributed by atoms with van der Waals surface area (Å²) < 4.78 is 38.1. The molecule has 0 spiro atoms. The second-order valence-corrected chi connectivity index (χ2v) is 9.47. The van der Waals surface area contributed by atoms with Crippen molar-refractivity contribution in [2.75, 3.05) is 38.2 Å². The van der Waals surface area contributed by atoms with Crippen LogP contribution in [0.5, 0.6) is 5.75 Å². The van der Waals surface area contributed by atoms with Crippen molar-refractivity contribution in [3.8, 4) is 5.75 Å². The number of halogens is 1. The van der Waals surface area contributed by atoms with Crippen LogP contribution >= 0.6 is 11.6 Å². The Bertz CT molecular complexity index is 1050. The van der Waals surface area contributed by atoms with Crippen molar-refractivity contribution in [3.05, 3.63) is 52.0 Å². The molecule has 0 bridgehead atoms. The van der Waals surface area contributed by atoms with Crippen LogP contribution in [0.15, 0.2) is 35.2 Å². The number of carbonyl (C=O) groups excluding carboxylic acids is 1. The largest absolute Gasteiger partial charge is 0.483 e. The molecule has 162 valence electrons. The van der Waals surface area contributed by atoms with Gasteiger partial charge in [0.15, 0.2) is 6.61 Å². The molecule has 0 aliphatic carbocycles. The molecule has 0 atom stereocenters. The van der Waals surface area contributed by atoms with Crippen molar-refractivity contribution < 1.29 is 22.7 Å². The molecule has 1 saturated heterocycles. The minimum absolute atomic E-state index is 0.0461. The van der Waals surface area contributed by atoms with Crippen molar-refractivity contribution in [1.29, 1.82) is 0 Å². The number of ether oxygens (including phenoxy) is 2. The van der Waals surface area contributed by atoms with Gasteiger partial charge in [0.2, 0.25) is 10.0 Å². The molecule has 1 fully saturated rings. The molecule has 1 heterocycles. The first-order valence-electron chi connectivity index (χ1n) is 9.57. The number of rotatable bonds is 6. The molecule has 0 radical (unpaired) electrons. The maximum Gasteiger partial charge on any atom is 0.262 e. The number of hydrogen-bond acceptors (Lipinski definition) is 5. The van der Waals surface area contributed by atoms with Gasteiger partial charge in [0, 0.05) is 18.8 Å². The molecule has 1 N–H and O–H groups in total. The SMILES string of the molecule is Cc1ccc(C)c(OCC(=O)Nc2ccc(Cl)c(S(=O)(=O)N3CCOCC3)c2)c1C. The Hall–Kier alpha value is -2.13. The van der Waals surface area contributed by atoms with Gasteiger partial charge in [-0.15, -0.1) is 0 Å². The molecule has 7 nitrogen and oxygen atoms in total. The number of nitrogens with zero attached hydrogens (tertiary/aromatic N) is 1. The van der Waals surface area contributed by atoms with Crippen molar-refractivity contribution in [2.45, 2.75) is 25.7 Å². The third-order valence-electron chi connectivity index (χ3n) is 5.02. The highest BCUT2D eigenvalue weighted by Crippen LogP contribution is 2.29. The summed E-state index contributed by atoms with van der Waals surface area (Å²) in [6, 6.07) is 8.33. The van der Waals surface area contributed by atoms with Gasteiger partial charge in [-0.05, 0) is 55.7 Å². The highest BCUT2D eigenvalue weighted by atomic mass is 35.5. The van der Waals surface area contributed by atoms with E-state index in [-0.39, 0.29) is 29.6 Å². The van der Waals surface area contributed by atoms with Gasteiger partial charge in [0.1, 0.15) is 10.6 Å². The molecule has 1 aliphatic heterocycles. The van der Waals surface area contributed by atoms with Crippen LogP contribution < -0.4 is 10.1 Å². The quantitative estimate of drug-likeness (QED) is 0.726. The first kappa shape index (κ1) is 22.6. The highest BCUT2D eigenvalue weighted by molar-refractivity contribution is 7.89. The number of hydrogen-bond donors (Lipinski definition) is 1. The van der Waals surface area contributed by atoms with E-state index < -0.39 is 15.9 Å². The molecule has 9 heteroatoms. The van der Waals surface area contributed by atoms with Crippen LogP contribution in [0.4, 0.5) is 5.69 Å². The lowest BCUT2D eigenvalue weighted by molar-refractivity contribution is -0.118. The van der Waals surface area contributed by atoms with Gasteiger partial charge in [0.05, 0.1) is 18.2 Å². The summed E-state index contributed by atoms with van der Waals surface area (Å²) in [5, 5.41) is 2.78. The molecule has 3 rings (SSSR count). The van der Waals surface area contributed by atoms with Crippen molar-refractivity contribution in [3.63, 3.8) is 0 Å². The molecule has 1 amide bonds. The molecule has 0 unspecified atom stereocenters. The highest BCUT2D eigenvalue weighted by Gasteiger charge is 2.28. The van der Waals surface area contributed by atoms with Crippen LogP contribution in [0.3, 0.4) is 0 Å². The Kier molecular flexibility index (Phi) is 7.02. The number of benzene rings is 2. The Morgan fingerprint density at radius 1 is 1.13 bits per heavy atom. The number of anilines is 1. The van der Waals surface area contributed by atoms with E-state index in [1.165, 1.54) is 16.4 Å². The maximum atomic E-state index is 12.9. The summed E-state index contributed by atoms with van der Waals surface area (Å²) in [4.78, 5) is 12.3. The molecule has 2 aromatic rings. The van der Waals surface area contributed by atoms with E-state index >= 15 is 0 Å². The molecule has 2 aromatic carbocycles. The van der Waals surface area contributed by atoms with E-state index in [2.05, 4.69) is 5.32 Å².